The van der Waals surface area contributed by atoms with Gasteiger partial charge in [0.2, 0.25) is 0 Å². The summed E-state index contributed by atoms with van der Waals surface area (Å²) in [6, 6.07) is 4.27. The highest BCUT2D eigenvalue weighted by molar-refractivity contribution is 5.97. The minimum atomic E-state index is -0.437. The number of oxime groups is 1. The van der Waals surface area contributed by atoms with Gasteiger partial charge < -0.3 is 21.4 Å². The van der Waals surface area contributed by atoms with Gasteiger partial charge in [-0.25, -0.2) is 4.39 Å². The van der Waals surface area contributed by atoms with Crippen molar-refractivity contribution in [2.45, 2.75) is 31.3 Å². The van der Waals surface area contributed by atoms with Gasteiger partial charge in [-0.05, 0) is 43.0 Å². The van der Waals surface area contributed by atoms with Gasteiger partial charge in [-0.2, -0.15) is 0 Å². The molecule has 0 heterocycles. The van der Waals surface area contributed by atoms with E-state index >= 15 is 0 Å². The molecule has 1 saturated carbocycles. The van der Waals surface area contributed by atoms with E-state index in [1.165, 1.54) is 12.1 Å². The number of nitrogens with zero attached hydrogens (tertiary/aromatic N) is 1. The third kappa shape index (κ3) is 3.02. The zero-order chi connectivity index (χ0) is 13.9. The molecule has 0 spiro atoms. The van der Waals surface area contributed by atoms with Crippen molar-refractivity contribution in [2.75, 3.05) is 6.61 Å². The summed E-state index contributed by atoms with van der Waals surface area (Å²) in [6.07, 6.45) is 2.93. The first-order chi connectivity index (χ1) is 9.08. The summed E-state index contributed by atoms with van der Waals surface area (Å²) in [4.78, 5) is 0. The van der Waals surface area contributed by atoms with Crippen LogP contribution in [0.5, 0.6) is 0 Å². The van der Waals surface area contributed by atoms with Gasteiger partial charge in [-0.15, -0.1) is 0 Å². The maximum absolute atomic E-state index is 13.5. The number of nitrogens with one attached hydrogen (secondary N) is 1. The number of aliphatic hydroxyl groups excluding tert-OH is 1. The second kappa shape index (κ2) is 5.54. The number of halogens is 1. The molecule has 1 aromatic carbocycles. The Hall–Kier alpha value is -1.66. The summed E-state index contributed by atoms with van der Waals surface area (Å²) in [5.41, 5.74) is 6.25. The standard InChI is InChI=1S/C13H18FN3O2/c14-11-5-9(4-10(6-11)12(15)17-19)7-16-13(8-18)2-1-3-13/h4-6,16,18-19H,1-3,7-8H2,(H2,15,17). The smallest absolute Gasteiger partial charge is 0.170 e. The van der Waals surface area contributed by atoms with E-state index in [4.69, 9.17) is 10.9 Å². The van der Waals surface area contributed by atoms with Crippen LogP contribution in [-0.2, 0) is 6.54 Å². The van der Waals surface area contributed by atoms with Gasteiger partial charge in [-0.3, -0.25) is 0 Å². The zero-order valence-corrected chi connectivity index (χ0v) is 10.6. The summed E-state index contributed by atoms with van der Waals surface area (Å²) >= 11 is 0. The molecule has 0 amide bonds. The highest BCUT2D eigenvalue weighted by atomic mass is 19.1. The second-order valence-electron chi connectivity index (χ2n) is 4.98. The number of benzene rings is 1. The number of hydrogen-bond acceptors (Lipinski definition) is 4. The van der Waals surface area contributed by atoms with E-state index in [1.807, 2.05) is 0 Å². The van der Waals surface area contributed by atoms with Crippen LogP contribution in [0.25, 0.3) is 0 Å². The molecule has 2 rings (SSSR count). The molecule has 5 N–H and O–H groups in total. The zero-order valence-electron chi connectivity index (χ0n) is 10.6. The summed E-state index contributed by atoms with van der Waals surface area (Å²) in [7, 11) is 0. The van der Waals surface area contributed by atoms with Crippen LogP contribution in [0.3, 0.4) is 0 Å². The van der Waals surface area contributed by atoms with Gasteiger partial charge in [0.05, 0.1) is 6.61 Å². The fourth-order valence-corrected chi connectivity index (χ4v) is 2.24. The first kappa shape index (κ1) is 13.8. The molecule has 1 aliphatic rings. The molecule has 0 bridgehead atoms. The maximum Gasteiger partial charge on any atom is 0.170 e. The van der Waals surface area contributed by atoms with Gasteiger partial charge in [0.25, 0.3) is 0 Å². The van der Waals surface area contributed by atoms with E-state index in [1.54, 1.807) is 6.07 Å². The van der Waals surface area contributed by atoms with Crippen LogP contribution in [0.2, 0.25) is 0 Å². The van der Waals surface area contributed by atoms with Crippen molar-refractivity contribution in [1.82, 2.24) is 5.32 Å². The van der Waals surface area contributed by atoms with E-state index < -0.39 is 5.82 Å². The lowest BCUT2D eigenvalue weighted by Crippen LogP contribution is -2.53. The van der Waals surface area contributed by atoms with Crippen molar-refractivity contribution >= 4 is 5.84 Å². The Balaban J connectivity index is 2.10. The van der Waals surface area contributed by atoms with Crippen LogP contribution in [0.1, 0.15) is 30.4 Å². The van der Waals surface area contributed by atoms with E-state index in [2.05, 4.69) is 10.5 Å². The van der Waals surface area contributed by atoms with Crippen molar-refractivity contribution in [3.63, 3.8) is 0 Å². The predicted molar refractivity (Wildman–Crippen MR) is 69.4 cm³/mol. The first-order valence-electron chi connectivity index (χ1n) is 6.22. The van der Waals surface area contributed by atoms with Crippen molar-refractivity contribution in [1.29, 1.82) is 0 Å². The molecule has 1 fully saturated rings. The quantitative estimate of drug-likeness (QED) is 0.276. The summed E-state index contributed by atoms with van der Waals surface area (Å²) < 4.78 is 13.5. The molecule has 1 aliphatic carbocycles. The number of rotatable bonds is 5. The van der Waals surface area contributed by atoms with Crippen molar-refractivity contribution in [3.8, 4) is 0 Å². The Morgan fingerprint density at radius 3 is 2.68 bits per heavy atom. The molecule has 104 valence electrons. The summed E-state index contributed by atoms with van der Waals surface area (Å²) in [5, 5.41) is 24.1. The normalized spacial score (nSPS) is 18.1. The fourth-order valence-electron chi connectivity index (χ4n) is 2.24. The van der Waals surface area contributed by atoms with E-state index in [0.717, 1.165) is 19.3 Å². The molecular formula is C13H18FN3O2. The van der Waals surface area contributed by atoms with Crippen molar-refractivity contribution in [2.24, 2.45) is 10.9 Å². The molecular weight excluding hydrogens is 249 g/mol. The lowest BCUT2D eigenvalue weighted by molar-refractivity contribution is 0.0872. The molecule has 19 heavy (non-hydrogen) atoms. The van der Waals surface area contributed by atoms with Crippen LogP contribution in [-0.4, -0.2) is 28.3 Å². The van der Waals surface area contributed by atoms with Crippen LogP contribution >= 0.6 is 0 Å². The molecule has 0 atom stereocenters. The van der Waals surface area contributed by atoms with Gasteiger partial charge in [0.15, 0.2) is 5.84 Å². The average Bonchev–Trinajstić information content (AvgIpc) is 2.36. The molecule has 0 unspecified atom stereocenters. The monoisotopic (exact) mass is 267 g/mol. The SMILES string of the molecule is N/C(=N/O)c1cc(F)cc(CNC2(CO)CCC2)c1. The molecule has 1 aromatic rings. The molecule has 5 nitrogen and oxygen atoms in total. The Bertz CT molecular complexity index is 481. The predicted octanol–water partition coefficient (Wildman–Crippen LogP) is 0.925. The maximum atomic E-state index is 13.5. The Labute approximate surface area is 110 Å². The Morgan fingerprint density at radius 2 is 2.16 bits per heavy atom. The lowest BCUT2D eigenvalue weighted by atomic mass is 9.77. The number of amidine groups is 1. The van der Waals surface area contributed by atoms with E-state index in [-0.39, 0.29) is 18.0 Å². The third-order valence-electron chi connectivity index (χ3n) is 3.64. The van der Waals surface area contributed by atoms with Crippen LogP contribution in [0.4, 0.5) is 4.39 Å². The second-order valence-corrected chi connectivity index (χ2v) is 4.98. The number of aliphatic hydroxyl groups is 1. The lowest BCUT2D eigenvalue weighted by Gasteiger charge is -2.41. The minimum Gasteiger partial charge on any atom is -0.409 e. The summed E-state index contributed by atoms with van der Waals surface area (Å²) in [5.74, 6) is -0.561. The highest BCUT2D eigenvalue weighted by Crippen LogP contribution is 2.31. The van der Waals surface area contributed by atoms with Crippen LogP contribution in [0, 0.1) is 5.82 Å². The topological polar surface area (TPSA) is 90.9 Å². The largest absolute Gasteiger partial charge is 0.409 e. The van der Waals surface area contributed by atoms with Crippen LogP contribution < -0.4 is 11.1 Å². The minimum absolute atomic E-state index is 0.0788. The van der Waals surface area contributed by atoms with E-state index in [9.17, 15) is 9.50 Å². The average molecular weight is 267 g/mol. The third-order valence-corrected chi connectivity index (χ3v) is 3.64. The molecule has 6 heteroatoms. The van der Waals surface area contributed by atoms with Crippen LogP contribution in [0.15, 0.2) is 23.4 Å². The summed E-state index contributed by atoms with van der Waals surface area (Å²) in [6.45, 7) is 0.513. The van der Waals surface area contributed by atoms with Gasteiger partial charge >= 0.3 is 0 Å². The van der Waals surface area contributed by atoms with Gasteiger partial charge in [0, 0.05) is 17.6 Å². The number of hydrogen-bond donors (Lipinski definition) is 4. The Kier molecular flexibility index (Phi) is 4.01. The van der Waals surface area contributed by atoms with Gasteiger partial charge in [0.1, 0.15) is 5.82 Å². The van der Waals surface area contributed by atoms with E-state index in [0.29, 0.717) is 17.7 Å². The Morgan fingerprint density at radius 1 is 1.42 bits per heavy atom. The fraction of sp³-hybridized carbons (Fsp3) is 0.462. The highest BCUT2D eigenvalue weighted by Gasteiger charge is 2.35. The van der Waals surface area contributed by atoms with Gasteiger partial charge in [-0.1, -0.05) is 5.16 Å². The van der Waals surface area contributed by atoms with Crippen molar-refractivity contribution in [3.05, 3.63) is 35.1 Å². The molecule has 0 aromatic heterocycles. The first-order valence-corrected chi connectivity index (χ1v) is 6.22. The molecule has 0 saturated heterocycles. The molecule has 0 radical (unpaired) electrons. The number of nitrogens with two attached hydrogens (primary N) is 1. The van der Waals surface area contributed by atoms with Crippen molar-refractivity contribution < 1.29 is 14.7 Å². The molecule has 0 aliphatic heterocycles.